The van der Waals surface area contributed by atoms with E-state index in [0.717, 1.165) is 25.0 Å². The van der Waals surface area contributed by atoms with Gasteiger partial charge in [0, 0.05) is 26.1 Å². The summed E-state index contributed by atoms with van der Waals surface area (Å²) < 4.78 is 45.5. The van der Waals surface area contributed by atoms with Gasteiger partial charge in [-0.15, -0.1) is 0 Å². The number of hydrogen-bond donors (Lipinski definition) is 5. The number of aliphatic carboxylic acids is 3. The van der Waals surface area contributed by atoms with E-state index in [0.29, 0.717) is 29.7 Å². The van der Waals surface area contributed by atoms with Crippen LogP contribution in [0.5, 0.6) is 5.75 Å². The predicted octanol–water partition coefficient (Wildman–Crippen LogP) is 4.88. The standard InChI is InChI=1S/C35H38F3N3O9/c1-2-3-4-16-39-31(44)28(18-22-12-14-27(15-13-22)50-30(32(45)46)33(47)48)40-34(49)41(20-24-10-8-23(9-11-24)19-29(42)43)21-25-6-5-7-26(17-25)35(36,37)38/h5-15,17,28,30H,2-4,16,18-21H2,1H3,(H,39,44)(H,40,49)(H,42,43)(H,45,46)(H,47,48). The molecule has 1 atom stereocenters. The highest BCUT2D eigenvalue weighted by atomic mass is 19.4. The molecule has 50 heavy (non-hydrogen) atoms. The molecule has 268 valence electrons. The van der Waals surface area contributed by atoms with Gasteiger partial charge in [-0.3, -0.25) is 9.59 Å². The molecule has 3 amide bonds. The summed E-state index contributed by atoms with van der Waals surface area (Å²) in [7, 11) is 0. The first-order valence-corrected chi connectivity index (χ1v) is 15.7. The summed E-state index contributed by atoms with van der Waals surface area (Å²) in [4.78, 5) is 61.9. The first-order valence-electron chi connectivity index (χ1n) is 15.7. The maximum atomic E-state index is 13.8. The van der Waals surface area contributed by atoms with E-state index in [-0.39, 0.29) is 37.2 Å². The minimum absolute atomic E-state index is 0.0604. The molecular formula is C35H38F3N3O9. The molecule has 0 aromatic heterocycles. The molecule has 0 saturated carbocycles. The van der Waals surface area contributed by atoms with Crippen LogP contribution in [-0.4, -0.2) is 68.8 Å². The second-order valence-corrected chi connectivity index (χ2v) is 11.5. The quantitative estimate of drug-likeness (QED) is 0.0912. The maximum Gasteiger partial charge on any atom is 0.416 e. The normalized spacial score (nSPS) is 11.8. The first-order chi connectivity index (χ1) is 23.7. The number of carbonyl (C=O) groups is 5. The summed E-state index contributed by atoms with van der Waals surface area (Å²) in [6, 6.07) is 14.5. The number of unbranched alkanes of at least 4 members (excludes halogenated alkanes) is 2. The van der Waals surface area contributed by atoms with Crippen LogP contribution in [0.2, 0.25) is 0 Å². The molecule has 0 aliphatic heterocycles. The average molecular weight is 702 g/mol. The van der Waals surface area contributed by atoms with Crippen molar-refractivity contribution in [2.45, 2.75) is 70.4 Å². The van der Waals surface area contributed by atoms with E-state index in [1.165, 1.54) is 41.3 Å². The Morgan fingerprint density at radius 1 is 0.800 bits per heavy atom. The number of nitrogens with zero attached hydrogens (tertiary/aromatic N) is 1. The lowest BCUT2D eigenvalue weighted by Gasteiger charge is -2.27. The van der Waals surface area contributed by atoms with E-state index in [2.05, 4.69) is 10.6 Å². The minimum atomic E-state index is -4.62. The molecule has 0 aliphatic carbocycles. The van der Waals surface area contributed by atoms with Crippen LogP contribution in [0.3, 0.4) is 0 Å². The number of rotatable bonds is 18. The van der Waals surface area contributed by atoms with Crippen molar-refractivity contribution >= 4 is 29.8 Å². The number of urea groups is 1. The van der Waals surface area contributed by atoms with E-state index in [4.69, 9.17) is 20.1 Å². The second-order valence-electron chi connectivity index (χ2n) is 11.5. The summed E-state index contributed by atoms with van der Waals surface area (Å²) in [5, 5.41) is 32.7. The van der Waals surface area contributed by atoms with Crippen LogP contribution in [0.25, 0.3) is 0 Å². The number of nitrogens with one attached hydrogen (secondary N) is 2. The van der Waals surface area contributed by atoms with Crippen molar-refractivity contribution in [3.63, 3.8) is 0 Å². The topological polar surface area (TPSA) is 183 Å². The number of benzene rings is 3. The molecule has 0 fully saturated rings. The molecule has 0 aliphatic rings. The summed E-state index contributed by atoms with van der Waals surface area (Å²) in [6.07, 6.45) is -4.61. The Hall–Kier alpha value is -5.60. The zero-order valence-corrected chi connectivity index (χ0v) is 27.1. The van der Waals surface area contributed by atoms with Gasteiger partial charge in [0.15, 0.2) is 0 Å². The molecule has 0 spiro atoms. The third kappa shape index (κ3) is 12.5. The number of carboxylic acid groups (broad SMARTS) is 3. The molecule has 3 aromatic rings. The third-order valence-corrected chi connectivity index (χ3v) is 7.43. The molecule has 0 bridgehead atoms. The molecule has 0 heterocycles. The van der Waals surface area contributed by atoms with Gasteiger partial charge < -0.3 is 35.6 Å². The zero-order chi connectivity index (χ0) is 36.8. The number of carboxylic acids is 3. The maximum absolute atomic E-state index is 13.8. The van der Waals surface area contributed by atoms with Gasteiger partial charge in [0.1, 0.15) is 11.8 Å². The van der Waals surface area contributed by atoms with Crippen LogP contribution in [0.15, 0.2) is 72.8 Å². The fourth-order valence-electron chi connectivity index (χ4n) is 4.87. The summed E-state index contributed by atoms with van der Waals surface area (Å²) in [5.41, 5.74) is 0.830. The average Bonchev–Trinajstić information content (AvgIpc) is 3.05. The highest BCUT2D eigenvalue weighted by Crippen LogP contribution is 2.30. The Morgan fingerprint density at radius 3 is 1.98 bits per heavy atom. The van der Waals surface area contributed by atoms with Crippen molar-refractivity contribution < 1.29 is 57.2 Å². The zero-order valence-electron chi connectivity index (χ0n) is 27.1. The molecule has 12 nitrogen and oxygen atoms in total. The van der Waals surface area contributed by atoms with Crippen LogP contribution in [0.4, 0.5) is 18.0 Å². The lowest BCUT2D eigenvalue weighted by molar-refractivity contribution is -0.159. The summed E-state index contributed by atoms with van der Waals surface area (Å²) >= 11 is 0. The number of carbonyl (C=O) groups excluding carboxylic acids is 2. The van der Waals surface area contributed by atoms with E-state index >= 15 is 0 Å². The van der Waals surface area contributed by atoms with Gasteiger partial charge in [0.05, 0.1) is 12.0 Å². The van der Waals surface area contributed by atoms with Gasteiger partial charge in [-0.2, -0.15) is 13.2 Å². The number of ether oxygens (including phenoxy) is 1. The van der Waals surface area contributed by atoms with E-state index in [1.807, 2.05) is 6.92 Å². The van der Waals surface area contributed by atoms with E-state index in [9.17, 15) is 37.1 Å². The van der Waals surface area contributed by atoms with Gasteiger partial charge in [0.25, 0.3) is 6.10 Å². The Balaban J connectivity index is 1.89. The highest BCUT2D eigenvalue weighted by molar-refractivity contribution is 5.96. The smallest absolute Gasteiger partial charge is 0.416 e. The van der Waals surface area contributed by atoms with Crippen LogP contribution in [-0.2, 0) is 51.3 Å². The monoisotopic (exact) mass is 701 g/mol. The van der Waals surface area contributed by atoms with E-state index < -0.39 is 53.7 Å². The van der Waals surface area contributed by atoms with Crippen LogP contribution in [0, 0.1) is 0 Å². The van der Waals surface area contributed by atoms with Crippen LogP contribution in [0.1, 0.15) is 54.0 Å². The molecule has 0 saturated heterocycles. The van der Waals surface area contributed by atoms with Crippen molar-refractivity contribution in [2.75, 3.05) is 6.54 Å². The first kappa shape index (κ1) is 38.8. The Labute approximate surface area is 285 Å². The van der Waals surface area contributed by atoms with Crippen molar-refractivity contribution in [3.05, 3.63) is 101 Å². The third-order valence-electron chi connectivity index (χ3n) is 7.43. The van der Waals surface area contributed by atoms with Gasteiger partial charge in [0.2, 0.25) is 5.91 Å². The lowest BCUT2D eigenvalue weighted by atomic mass is 10.0. The number of hydrogen-bond acceptors (Lipinski definition) is 6. The molecule has 0 radical (unpaired) electrons. The Kier molecular flexibility index (Phi) is 14.2. The van der Waals surface area contributed by atoms with Crippen molar-refractivity contribution in [1.29, 1.82) is 0 Å². The number of alkyl halides is 3. The SMILES string of the molecule is CCCCCNC(=O)C(Cc1ccc(OC(C(=O)O)C(=O)O)cc1)NC(=O)N(Cc1ccc(CC(=O)O)cc1)Cc1cccc(C(F)(F)F)c1. The summed E-state index contributed by atoms with van der Waals surface area (Å²) in [6.45, 7) is 1.96. The largest absolute Gasteiger partial charge is 0.481 e. The fraction of sp³-hybridized carbons (Fsp3) is 0.343. The van der Waals surface area contributed by atoms with Gasteiger partial charge in [-0.05, 0) is 52.9 Å². The molecule has 3 aromatic carbocycles. The van der Waals surface area contributed by atoms with Crippen molar-refractivity contribution in [3.8, 4) is 5.75 Å². The Morgan fingerprint density at radius 2 is 1.40 bits per heavy atom. The molecular weight excluding hydrogens is 663 g/mol. The van der Waals surface area contributed by atoms with Crippen LogP contribution >= 0.6 is 0 Å². The predicted molar refractivity (Wildman–Crippen MR) is 173 cm³/mol. The number of amides is 3. The van der Waals surface area contributed by atoms with Crippen molar-refractivity contribution in [1.82, 2.24) is 15.5 Å². The lowest BCUT2D eigenvalue weighted by Crippen LogP contribution is -2.52. The molecule has 5 N–H and O–H groups in total. The van der Waals surface area contributed by atoms with Gasteiger partial charge >= 0.3 is 30.1 Å². The number of halogens is 3. The minimum Gasteiger partial charge on any atom is -0.481 e. The fourth-order valence-corrected chi connectivity index (χ4v) is 4.87. The van der Waals surface area contributed by atoms with Crippen LogP contribution < -0.4 is 15.4 Å². The highest BCUT2D eigenvalue weighted by Gasteiger charge is 2.31. The van der Waals surface area contributed by atoms with Gasteiger partial charge in [-0.1, -0.05) is 68.3 Å². The molecule has 1 unspecified atom stereocenters. The molecule has 3 rings (SSSR count). The Bertz CT molecular complexity index is 1620. The van der Waals surface area contributed by atoms with E-state index in [1.54, 1.807) is 24.3 Å². The van der Waals surface area contributed by atoms with Gasteiger partial charge in [-0.25, -0.2) is 14.4 Å². The van der Waals surface area contributed by atoms with Crippen molar-refractivity contribution in [2.24, 2.45) is 0 Å². The second kappa shape index (κ2) is 18.2. The summed E-state index contributed by atoms with van der Waals surface area (Å²) in [5.74, 6) is -5.02. The molecule has 15 heteroatoms.